The fraction of sp³-hybridized carbons (Fsp3) is 0.214. The molecule has 0 aliphatic carbocycles. The summed E-state index contributed by atoms with van der Waals surface area (Å²) in [5.41, 5.74) is 0.455. The van der Waals surface area contributed by atoms with Crippen molar-refractivity contribution in [2.45, 2.75) is 18.9 Å². The number of aliphatic hydroxyl groups excluding tert-OH is 1. The molecule has 2 atom stereocenters. The molecule has 0 fully saturated rings. The fourth-order valence-corrected chi connectivity index (χ4v) is 2.34. The summed E-state index contributed by atoms with van der Waals surface area (Å²) < 4.78 is 27.9. The van der Waals surface area contributed by atoms with Gasteiger partial charge >= 0.3 is 0 Å². The molecule has 5 heteroatoms. The quantitative estimate of drug-likeness (QED) is 0.925. The van der Waals surface area contributed by atoms with Crippen LogP contribution in [0.4, 0.5) is 8.78 Å². The highest BCUT2D eigenvalue weighted by Gasteiger charge is 2.25. The first kappa shape index (κ1) is 14.1. The zero-order valence-electron chi connectivity index (χ0n) is 10.1. The molecule has 0 saturated heterocycles. The molecule has 2 rings (SSSR count). The molecule has 2 unspecified atom stereocenters. The van der Waals surface area contributed by atoms with Crippen LogP contribution < -0.4 is 0 Å². The van der Waals surface area contributed by atoms with Gasteiger partial charge in [-0.25, -0.2) is 8.78 Å². The zero-order chi connectivity index (χ0) is 14.0. The van der Waals surface area contributed by atoms with Gasteiger partial charge in [-0.05, 0) is 29.8 Å². The zero-order valence-corrected chi connectivity index (χ0v) is 11.7. The van der Waals surface area contributed by atoms with Crippen molar-refractivity contribution in [1.82, 2.24) is 4.98 Å². The van der Waals surface area contributed by atoms with Gasteiger partial charge in [-0.2, -0.15) is 0 Å². The topological polar surface area (TPSA) is 33.1 Å². The number of pyridine rings is 1. The Balaban J connectivity index is 2.37. The summed E-state index contributed by atoms with van der Waals surface area (Å²) in [4.78, 5) is 3.87. The van der Waals surface area contributed by atoms with Crippen molar-refractivity contribution in [2.24, 2.45) is 0 Å². The molecular formula is C14H12BrF2NO. The first-order valence-electron chi connectivity index (χ1n) is 5.73. The van der Waals surface area contributed by atoms with Crippen molar-refractivity contribution in [3.63, 3.8) is 0 Å². The molecule has 0 amide bonds. The van der Waals surface area contributed by atoms with Crippen LogP contribution >= 0.6 is 15.9 Å². The van der Waals surface area contributed by atoms with Crippen molar-refractivity contribution >= 4 is 15.9 Å². The van der Waals surface area contributed by atoms with E-state index in [1.165, 1.54) is 0 Å². The minimum absolute atomic E-state index is 0.301. The molecule has 2 nitrogen and oxygen atoms in total. The van der Waals surface area contributed by atoms with E-state index in [1.807, 2.05) is 0 Å². The van der Waals surface area contributed by atoms with Gasteiger partial charge in [0, 0.05) is 22.8 Å². The molecule has 1 aromatic carbocycles. The molecule has 100 valence electrons. The van der Waals surface area contributed by atoms with Crippen molar-refractivity contribution in [1.29, 1.82) is 0 Å². The van der Waals surface area contributed by atoms with Gasteiger partial charge < -0.3 is 5.11 Å². The minimum Gasteiger partial charge on any atom is -0.388 e. The Kier molecular flexibility index (Phi) is 4.27. The highest BCUT2D eigenvalue weighted by atomic mass is 79.9. The number of halogens is 3. The van der Waals surface area contributed by atoms with Gasteiger partial charge in [-0.3, -0.25) is 4.98 Å². The summed E-state index contributed by atoms with van der Waals surface area (Å²) >= 11 is 3.01. The average Bonchev–Trinajstić information content (AvgIpc) is 2.37. The largest absolute Gasteiger partial charge is 0.388 e. The number of hydrogen-bond donors (Lipinski definition) is 1. The summed E-state index contributed by atoms with van der Waals surface area (Å²) in [6.45, 7) is 1.71. The maximum Gasteiger partial charge on any atom is 0.133 e. The summed E-state index contributed by atoms with van der Waals surface area (Å²) in [5, 5.41) is 10.2. The Morgan fingerprint density at radius 2 is 1.68 bits per heavy atom. The lowest BCUT2D eigenvalue weighted by atomic mass is 9.91. The second kappa shape index (κ2) is 5.75. The van der Waals surface area contributed by atoms with Crippen LogP contribution in [0.25, 0.3) is 0 Å². The van der Waals surface area contributed by atoms with Gasteiger partial charge in [0.2, 0.25) is 0 Å². The van der Waals surface area contributed by atoms with Crippen LogP contribution in [0.1, 0.15) is 30.1 Å². The molecular weight excluding hydrogens is 316 g/mol. The molecule has 0 saturated carbocycles. The van der Waals surface area contributed by atoms with E-state index >= 15 is 0 Å². The normalized spacial score (nSPS) is 14.2. The van der Waals surface area contributed by atoms with Crippen molar-refractivity contribution < 1.29 is 13.9 Å². The monoisotopic (exact) mass is 327 g/mol. The van der Waals surface area contributed by atoms with Gasteiger partial charge in [-0.15, -0.1) is 0 Å². The molecule has 0 radical (unpaired) electrons. The molecule has 1 N–H and O–H groups in total. The maximum atomic E-state index is 13.8. The predicted molar refractivity (Wildman–Crippen MR) is 71.7 cm³/mol. The lowest BCUT2D eigenvalue weighted by Gasteiger charge is -2.20. The van der Waals surface area contributed by atoms with E-state index < -0.39 is 23.7 Å². The average molecular weight is 328 g/mol. The fourth-order valence-electron chi connectivity index (χ4n) is 1.94. The van der Waals surface area contributed by atoms with Gasteiger partial charge in [0.05, 0.1) is 11.7 Å². The molecule has 1 heterocycles. The standard InChI is InChI=1S/C14H12BrF2NO/c1-8(9-2-4-18-5-3-9)14(19)13-11(16)6-10(15)7-12(13)17/h2-8,14,19H,1H3. The number of nitrogens with zero attached hydrogens (tertiary/aromatic N) is 1. The number of hydrogen-bond acceptors (Lipinski definition) is 2. The highest BCUT2D eigenvalue weighted by molar-refractivity contribution is 9.10. The van der Waals surface area contributed by atoms with Crippen LogP contribution in [-0.2, 0) is 0 Å². The maximum absolute atomic E-state index is 13.8. The third-order valence-corrected chi connectivity index (χ3v) is 3.50. The first-order chi connectivity index (χ1) is 9.00. The Hall–Kier alpha value is -1.33. The van der Waals surface area contributed by atoms with Gasteiger partial charge in [0.15, 0.2) is 0 Å². The number of aromatic nitrogens is 1. The van der Waals surface area contributed by atoms with Crippen molar-refractivity contribution in [3.05, 3.63) is 63.9 Å². The number of aliphatic hydroxyl groups is 1. The predicted octanol–water partition coefficient (Wildman–Crippen LogP) is 3.96. The summed E-state index contributed by atoms with van der Waals surface area (Å²) in [6, 6.07) is 5.70. The molecule has 0 aliphatic rings. The third kappa shape index (κ3) is 2.98. The van der Waals surface area contributed by atoms with E-state index in [-0.39, 0.29) is 5.56 Å². The van der Waals surface area contributed by atoms with Crippen LogP contribution in [0, 0.1) is 11.6 Å². The second-order valence-corrected chi connectivity index (χ2v) is 5.21. The molecule has 0 bridgehead atoms. The smallest absolute Gasteiger partial charge is 0.133 e. The minimum atomic E-state index is -1.25. The van der Waals surface area contributed by atoms with Crippen LogP contribution in [0.2, 0.25) is 0 Å². The summed E-state index contributed by atoms with van der Waals surface area (Å²) in [5.74, 6) is -1.96. The lowest BCUT2D eigenvalue weighted by Crippen LogP contribution is -2.12. The van der Waals surface area contributed by atoms with Crippen molar-refractivity contribution in [2.75, 3.05) is 0 Å². The van der Waals surface area contributed by atoms with Gasteiger partial charge in [0.1, 0.15) is 11.6 Å². The Bertz CT molecular complexity index is 554. The summed E-state index contributed by atoms with van der Waals surface area (Å²) in [7, 11) is 0. The Morgan fingerprint density at radius 3 is 2.21 bits per heavy atom. The van der Waals surface area contributed by atoms with E-state index in [1.54, 1.807) is 31.5 Å². The molecule has 19 heavy (non-hydrogen) atoms. The van der Waals surface area contributed by atoms with Crippen LogP contribution in [0.3, 0.4) is 0 Å². The molecule has 1 aromatic heterocycles. The van der Waals surface area contributed by atoms with Crippen LogP contribution in [0.5, 0.6) is 0 Å². The number of rotatable bonds is 3. The van der Waals surface area contributed by atoms with E-state index in [2.05, 4.69) is 20.9 Å². The molecule has 0 spiro atoms. The first-order valence-corrected chi connectivity index (χ1v) is 6.52. The summed E-state index contributed by atoms with van der Waals surface area (Å²) in [6.07, 6.45) is 1.90. The van der Waals surface area contributed by atoms with Crippen LogP contribution in [0.15, 0.2) is 41.1 Å². The second-order valence-electron chi connectivity index (χ2n) is 4.30. The van der Waals surface area contributed by atoms with E-state index in [4.69, 9.17) is 0 Å². The third-order valence-electron chi connectivity index (χ3n) is 3.05. The molecule has 2 aromatic rings. The SMILES string of the molecule is CC(c1ccncc1)C(O)c1c(F)cc(Br)cc1F. The van der Waals surface area contributed by atoms with Crippen molar-refractivity contribution in [3.8, 4) is 0 Å². The van der Waals surface area contributed by atoms with E-state index in [9.17, 15) is 13.9 Å². The van der Waals surface area contributed by atoms with Gasteiger partial charge in [-0.1, -0.05) is 22.9 Å². The van der Waals surface area contributed by atoms with Gasteiger partial charge in [0.25, 0.3) is 0 Å². The Labute approximate surface area is 118 Å². The molecule has 0 aliphatic heterocycles. The lowest BCUT2D eigenvalue weighted by molar-refractivity contribution is 0.142. The Morgan fingerprint density at radius 1 is 1.16 bits per heavy atom. The van der Waals surface area contributed by atoms with Crippen LogP contribution in [-0.4, -0.2) is 10.1 Å². The number of benzene rings is 1. The van der Waals surface area contributed by atoms with E-state index in [0.717, 1.165) is 17.7 Å². The highest BCUT2D eigenvalue weighted by Crippen LogP contribution is 2.34. The van der Waals surface area contributed by atoms with E-state index in [0.29, 0.717) is 4.47 Å².